The average molecular weight is 367 g/mol. The number of halogens is 1. The summed E-state index contributed by atoms with van der Waals surface area (Å²) in [7, 11) is 0. The van der Waals surface area contributed by atoms with Crippen LogP contribution in [0.2, 0.25) is 0 Å². The number of benzene rings is 1. The maximum Gasteiger partial charge on any atom is 0.320 e. The minimum atomic E-state index is -1.38. The molecular weight excluding hydrogens is 348 g/mol. The van der Waals surface area contributed by atoms with E-state index < -0.39 is 17.7 Å². The van der Waals surface area contributed by atoms with E-state index in [1.165, 1.54) is 4.90 Å². The highest BCUT2D eigenvalue weighted by molar-refractivity contribution is 9.10. The van der Waals surface area contributed by atoms with Crippen LogP contribution in [0.25, 0.3) is 0 Å². The molecule has 2 amide bonds. The van der Waals surface area contributed by atoms with E-state index in [2.05, 4.69) is 21.2 Å². The Morgan fingerprint density at radius 2 is 2.05 bits per heavy atom. The lowest BCUT2D eigenvalue weighted by Gasteiger charge is -2.52. The second-order valence-electron chi connectivity index (χ2n) is 5.90. The molecule has 0 aromatic heterocycles. The Bertz CT molecular complexity index is 602. The quantitative estimate of drug-likeness (QED) is 0.844. The maximum absolute atomic E-state index is 12.5. The molecule has 1 saturated heterocycles. The van der Waals surface area contributed by atoms with Gasteiger partial charge in [0.25, 0.3) is 0 Å². The molecule has 3 unspecified atom stereocenters. The van der Waals surface area contributed by atoms with E-state index in [1.54, 1.807) is 0 Å². The van der Waals surface area contributed by atoms with Gasteiger partial charge in [-0.1, -0.05) is 28.1 Å². The van der Waals surface area contributed by atoms with Gasteiger partial charge in [-0.15, -0.1) is 0 Å². The lowest BCUT2D eigenvalue weighted by atomic mass is 9.72. The average Bonchev–Trinajstić information content (AvgIpc) is 2.47. The first-order valence-corrected chi connectivity index (χ1v) is 8.35. The van der Waals surface area contributed by atoms with E-state index >= 15 is 0 Å². The summed E-state index contributed by atoms with van der Waals surface area (Å²) in [5.41, 5.74) is -0.546. The Hall–Kier alpha value is -1.40. The summed E-state index contributed by atoms with van der Waals surface area (Å²) in [6.45, 7) is 2.19. The summed E-state index contributed by atoms with van der Waals surface area (Å²) in [5.74, 6) is -0.611. The zero-order valence-electron chi connectivity index (χ0n) is 12.4. The molecule has 3 rings (SSSR count). The number of carbonyl (C=O) groups is 2. The zero-order valence-corrected chi connectivity index (χ0v) is 14.0. The molecule has 1 aromatic carbocycles. The minimum Gasteiger partial charge on any atom is -0.370 e. The number of hydrogen-bond donors (Lipinski definition) is 2. The molecule has 2 aliphatic rings. The highest BCUT2D eigenvalue weighted by Gasteiger charge is 2.56. The van der Waals surface area contributed by atoms with Crippen LogP contribution in [0.3, 0.4) is 0 Å². The first kappa shape index (κ1) is 15.5. The van der Waals surface area contributed by atoms with Crippen molar-refractivity contribution < 1.29 is 14.7 Å². The molecule has 0 radical (unpaired) electrons. The number of ketones is 1. The summed E-state index contributed by atoms with van der Waals surface area (Å²) in [5, 5.41) is 14.0. The molecule has 3 atom stereocenters. The van der Waals surface area contributed by atoms with Crippen LogP contribution in [0.15, 0.2) is 28.7 Å². The Kier molecular flexibility index (Phi) is 3.99. The Morgan fingerprint density at radius 3 is 2.68 bits per heavy atom. The Morgan fingerprint density at radius 1 is 1.36 bits per heavy atom. The predicted molar refractivity (Wildman–Crippen MR) is 85.1 cm³/mol. The highest BCUT2D eigenvalue weighted by Crippen LogP contribution is 2.44. The van der Waals surface area contributed by atoms with Crippen LogP contribution < -0.4 is 5.32 Å². The molecular formula is C16H19BrN2O3. The molecule has 1 aliphatic heterocycles. The van der Waals surface area contributed by atoms with Crippen molar-refractivity contribution in [1.29, 1.82) is 0 Å². The molecule has 22 heavy (non-hydrogen) atoms. The van der Waals surface area contributed by atoms with Crippen molar-refractivity contribution in [3.05, 3.63) is 34.3 Å². The van der Waals surface area contributed by atoms with Crippen LogP contribution in [0.5, 0.6) is 0 Å². The van der Waals surface area contributed by atoms with E-state index in [0.717, 1.165) is 10.0 Å². The number of rotatable bonds is 2. The van der Waals surface area contributed by atoms with Gasteiger partial charge in [-0.05, 0) is 37.5 Å². The predicted octanol–water partition coefficient (Wildman–Crippen LogP) is 2.59. The highest BCUT2D eigenvalue weighted by atomic mass is 79.9. The third-order valence-corrected chi connectivity index (χ3v) is 5.21. The molecule has 0 spiro atoms. The number of aliphatic hydroxyl groups is 1. The van der Waals surface area contributed by atoms with E-state index in [0.29, 0.717) is 25.8 Å². The fourth-order valence-corrected chi connectivity index (χ4v) is 3.95. The molecule has 6 heteroatoms. The van der Waals surface area contributed by atoms with Crippen molar-refractivity contribution in [2.45, 2.75) is 38.0 Å². The fraction of sp³-hybridized carbons (Fsp3) is 0.500. The Balaban J connectivity index is 2.05. The van der Waals surface area contributed by atoms with Crippen LogP contribution in [-0.4, -0.2) is 34.1 Å². The van der Waals surface area contributed by atoms with Crippen molar-refractivity contribution >= 4 is 27.7 Å². The maximum atomic E-state index is 12.5. The number of urea groups is 1. The number of amides is 2. The van der Waals surface area contributed by atoms with Crippen LogP contribution in [0, 0.1) is 5.92 Å². The van der Waals surface area contributed by atoms with Crippen LogP contribution in [0.1, 0.15) is 37.8 Å². The third kappa shape index (κ3) is 2.34. The van der Waals surface area contributed by atoms with Gasteiger partial charge < -0.3 is 10.4 Å². The number of carbonyl (C=O) groups excluding carboxylic acids is 2. The van der Waals surface area contributed by atoms with Gasteiger partial charge in [0.15, 0.2) is 5.72 Å². The van der Waals surface area contributed by atoms with Gasteiger partial charge in [0.05, 0.1) is 12.0 Å². The van der Waals surface area contributed by atoms with Gasteiger partial charge in [0, 0.05) is 17.4 Å². The number of fused-ring (bicyclic) bond motifs is 1. The molecule has 5 nitrogen and oxygen atoms in total. The normalized spacial score (nSPS) is 31.7. The number of hydrogen-bond acceptors (Lipinski definition) is 3. The summed E-state index contributed by atoms with van der Waals surface area (Å²) in [6.07, 6.45) is 1.51. The summed E-state index contributed by atoms with van der Waals surface area (Å²) < 4.78 is 0.929. The second kappa shape index (κ2) is 5.66. The zero-order chi connectivity index (χ0) is 15.9. The van der Waals surface area contributed by atoms with E-state index in [9.17, 15) is 14.7 Å². The largest absolute Gasteiger partial charge is 0.370 e. The van der Waals surface area contributed by atoms with Crippen molar-refractivity contribution in [3.8, 4) is 0 Å². The topological polar surface area (TPSA) is 69.6 Å². The first-order chi connectivity index (χ1) is 10.5. The summed E-state index contributed by atoms with van der Waals surface area (Å²) >= 11 is 3.38. The molecule has 1 saturated carbocycles. The molecule has 2 fully saturated rings. The fourth-order valence-electron chi connectivity index (χ4n) is 3.68. The monoisotopic (exact) mass is 366 g/mol. The van der Waals surface area contributed by atoms with Crippen LogP contribution >= 0.6 is 15.9 Å². The molecule has 1 aliphatic carbocycles. The molecule has 2 N–H and O–H groups in total. The molecule has 1 heterocycles. The smallest absolute Gasteiger partial charge is 0.320 e. The van der Waals surface area contributed by atoms with Crippen molar-refractivity contribution in [3.63, 3.8) is 0 Å². The Labute approximate surface area is 137 Å². The number of nitrogens with one attached hydrogen (secondary N) is 1. The van der Waals surface area contributed by atoms with Gasteiger partial charge in [0.1, 0.15) is 5.78 Å². The van der Waals surface area contributed by atoms with E-state index in [4.69, 9.17) is 0 Å². The van der Waals surface area contributed by atoms with Gasteiger partial charge in [-0.25, -0.2) is 4.79 Å². The molecule has 1 aromatic rings. The van der Waals surface area contributed by atoms with Crippen molar-refractivity contribution in [1.82, 2.24) is 10.2 Å². The van der Waals surface area contributed by atoms with Crippen LogP contribution in [0.4, 0.5) is 4.79 Å². The van der Waals surface area contributed by atoms with Crippen LogP contribution in [-0.2, 0) is 4.79 Å². The second-order valence-corrected chi connectivity index (χ2v) is 6.81. The minimum absolute atomic E-state index is 0.0140. The van der Waals surface area contributed by atoms with E-state index in [1.807, 2.05) is 31.2 Å². The first-order valence-electron chi connectivity index (χ1n) is 7.56. The van der Waals surface area contributed by atoms with Gasteiger partial charge in [-0.2, -0.15) is 0 Å². The third-order valence-electron chi connectivity index (χ3n) is 4.68. The SMILES string of the molecule is CCN1C(=O)NC(c2ccc(Br)cc2)C2C(=O)CCCC21O. The molecule has 0 bridgehead atoms. The number of Topliss-reactive ketones (excluding diaryl/α,β-unsaturated/α-hetero) is 1. The lowest BCUT2D eigenvalue weighted by Crippen LogP contribution is -2.69. The lowest BCUT2D eigenvalue weighted by molar-refractivity contribution is -0.177. The van der Waals surface area contributed by atoms with Gasteiger partial charge >= 0.3 is 6.03 Å². The number of nitrogens with zero attached hydrogens (tertiary/aromatic N) is 1. The standard InChI is InChI=1S/C16H19BrN2O3/c1-2-19-15(21)18-14(10-5-7-11(17)8-6-10)13-12(20)4-3-9-16(13,19)22/h5-8,13-14,22H,2-4,9H2,1H3,(H,18,21). The van der Waals surface area contributed by atoms with Gasteiger partial charge in [-0.3, -0.25) is 9.69 Å². The molecule has 118 valence electrons. The summed E-state index contributed by atoms with van der Waals surface area (Å²) in [4.78, 5) is 26.3. The van der Waals surface area contributed by atoms with E-state index in [-0.39, 0.29) is 11.8 Å². The van der Waals surface area contributed by atoms with Crippen molar-refractivity contribution in [2.24, 2.45) is 5.92 Å². The van der Waals surface area contributed by atoms with Gasteiger partial charge in [0.2, 0.25) is 0 Å². The van der Waals surface area contributed by atoms with Crippen molar-refractivity contribution in [2.75, 3.05) is 6.54 Å². The summed E-state index contributed by atoms with van der Waals surface area (Å²) in [6, 6.07) is 6.70.